The smallest absolute Gasteiger partial charge is 0.328 e. The van der Waals surface area contributed by atoms with Crippen molar-refractivity contribution >= 4 is 11.8 Å². The van der Waals surface area contributed by atoms with E-state index in [4.69, 9.17) is 0 Å². The number of hydrogen-bond acceptors (Lipinski definition) is 3. The molecule has 5 aliphatic rings. The predicted octanol–water partition coefficient (Wildman–Crippen LogP) is 7.60. The molecule has 4 heteroatoms. The first-order valence-corrected chi connectivity index (χ1v) is 15.2. The van der Waals surface area contributed by atoms with Gasteiger partial charge in [-0.1, -0.05) is 61.5 Å². The molecule has 8 atom stereocenters. The van der Waals surface area contributed by atoms with Gasteiger partial charge in [-0.3, -0.25) is 4.79 Å². The fraction of sp³-hybridized carbons (Fsp3) is 0.818. The van der Waals surface area contributed by atoms with Crippen molar-refractivity contribution in [3.63, 3.8) is 0 Å². The van der Waals surface area contributed by atoms with Crippen molar-refractivity contribution in [1.82, 2.24) is 0 Å². The second-order valence-corrected chi connectivity index (χ2v) is 14.3. The molecular formula is C33H52O4. The van der Waals surface area contributed by atoms with Crippen molar-refractivity contribution in [3.05, 3.63) is 23.3 Å². The summed E-state index contributed by atoms with van der Waals surface area (Å²) in [5.41, 5.74) is 2.38. The molecule has 5 aliphatic carbocycles. The van der Waals surface area contributed by atoms with Crippen LogP contribution in [0.2, 0.25) is 0 Å². The molecule has 0 saturated heterocycles. The second-order valence-electron chi connectivity index (χ2n) is 14.3. The highest BCUT2D eigenvalue weighted by Gasteiger charge is 2.65. The average Bonchev–Trinajstić information content (AvgIpc) is 3.14. The zero-order chi connectivity index (χ0) is 27.6. The van der Waals surface area contributed by atoms with E-state index in [0.29, 0.717) is 30.1 Å². The molecule has 0 spiro atoms. The number of aliphatic hydroxyl groups excluding tert-OH is 1. The quantitative estimate of drug-likeness (QED) is 0.382. The Labute approximate surface area is 225 Å². The zero-order valence-electron chi connectivity index (χ0n) is 24.7. The summed E-state index contributed by atoms with van der Waals surface area (Å²) in [5.74, 6) is 1.63. The third-order valence-electron chi connectivity index (χ3n) is 12.2. The van der Waals surface area contributed by atoms with Gasteiger partial charge in [0.2, 0.25) is 0 Å². The van der Waals surface area contributed by atoms with Crippen LogP contribution in [0.4, 0.5) is 0 Å². The van der Waals surface area contributed by atoms with Crippen molar-refractivity contribution < 1.29 is 19.8 Å². The van der Waals surface area contributed by atoms with Crippen molar-refractivity contribution in [2.45, 2.75) is 119 Å². The number of carboxylic acids is 1. The monoisotopic (exact) mass is 512 g/mol. The maximum absolute atomic E-state index is 13.3. The summed E-state index contributed by atoms with van der Waals surface area (Å²) in [5, 5.41) is 20.3. The highest BCUT2D eigenvalue weighted by atomic mass is 16.4. The number of carboxylic acid groups (broad SMARTS) is 1. The number of Topliss-reactive ketones (excluding diaryl/α,β-unsaturated/α-hetero) is 1. The number of aliphatic carboxylic acids is 1. The van der Waals surface area contributed by atoms with Crippen LogP contribution in [0.25, 0.3) is 0 Å². The summed E-state index contributed by atoms with van der Waals surface area (Å²) in [7, 11) is 0. The summed E-state index contributed by atoms with van der Waals surface area (Å²) >= 11 is 0. The normalized spacial score (nSPS) is 44.5. The zero-order valence-corrected chi connectivity index (χ0v) is 24.7. The molecule has 208 valence electrons. The van der Waals surface area contributed by atoms with Gasteiger partial charge in [0.15, 0.2) is 5.78 Å². The summed E-state index contributed by atoms with van der Waals surface area (Å²) in [6.45, 7) is 17.9. The van der Waals surface area contributed by atoms with Gasteiger partial charge in [0.25, 0.3) is 0 Å². The van der Waals surface area contributed by atoms with E-state index in [2.05, 4.69) is 41.5 Å². The molecule has 0 radical (unpaired) electrons. The van der Waals surface area contributed by atoms with Gasteiger partial charge in [-0.05, 0) is 108 Å². The minimum absolute atomic E-state index is 0.0419. The average molecular weight is 513 g/mol. The number of aliphatic hydroxyl groups is 1. The van der Waals surface area contributed by atoms with E-state index in [1.54, 1.807) is 0 Å². The first kappa shape index (κ1) is 28.6. The molecule has 0 aromatic rings. The van der Waals surface area contributed by atoms with Gasteiger partial charge < -0.3 is 10.2 Å². The second kappa shape index (κ2) is 9.65. The first-order valence-electron chi connectivity index (χ1n) is 15.2. The summed E-state index contributed by atoms with van der Waals surface area (Å²) < 4.78 is 0. The van der Waals surface area contributed by atoms with Crippen LogP contribution in [0.15, 0.2) is 23.3 Å². The van der Waals surface area contributed by atoms with Gasteiger partial charge in [-0.2, -0.15) is 0 Å². The third kappa shape index (κ3) is 4.10. The minimum Gasteiger partial charge on any atom is -0.478 e. The minimum atomic E-state index is -0.921. The van der Waals surface area contributed by atoms with E-state index in [1.807, 2.05) is 19.9 Å². The Morgan fingerprint density at radius 2 is 1.57 bits per heavy atom. The number of carbonyl (C=O) groups is 2. The SMILES string of the molecule is CC.CC(C)C1=C2C3CCC4C(C)(CCC5C(C)(C)C(O)CCC54C)C3CCC2(/C=C/C(=O)O)CC1=O. The number of rotatable bonds is 3. The van der Waals surface area contributed by atoms with Crippen LogP contribution in [-0.4, -0.2) is 28.1 Å². The summed E-state index contributed by atoms with van der Waals surface area (Å²) in [4.78, 5) is 24.8. The predicted molar refractivity (Wildman–Crippen MR) is 149 cm³/mol. The van der Waals surface area contributed by atoms with Crippen LogP contribution < -0.4 is 0 Å². The fourth-order valence-corrected chi connectivity index (χ4v) is 10.8. The molecule has 8 unspecified atom stereocenters. The Balaban J connectivity index is 0.00000156. The largest absolute Gasteiger partial charge is 0.478 e. The van der Waals surface area contributed by atoms with Gasteiger partial charge in [-0.25, -0.2) is 4.79 Å². The number of hydrogen-bond donors (Lipinski definition) is 2. The van der Waals surface area contributed by atoms with Crippen LogP contribution >= 0.6 is 0 Å². The highest BCUT2D eigenvalue weighted by molar-refractivity contribution is 6.01. The Kier molecular flexibility index (Phi) is 7.45. The Hall–Kier alpha value is -1.42. The molecular weight excluding hydrogens is 460 g/mol. The van der Waals surface area contributed by atoms with Crippen LogP contribution in [0.3, 0.4) is 0 Å². The lowest BCUT2D eigenvalue weighted by Crippen LogP contribution is -2.62. The van der Waals surface area contributed by atoms with Crippen molar-refractivity contribution in [2.75, 3.05) is 0 Å². The van der Waals surface area contributed by atoms with Gasteiger partial charge in [-0.15, -0.1) is 0 Å². The van der Waals surface area contributed by atoms with Gasteiger partial charge >= 0.3 is 5.97 Å². The Bertz CT molecular complexity index is 988. The lowest BCUT2D eigenvalue weighted by Gasteiger charge is -2.68. The van der Waals surface area contributed by atoms with E-state index in [-0.39, 0.29) is 34.1 Å². The van der Waals surface area contributed by atoms with Gasteiger partial charge in [0.1, 0.15) is 0 Å². The van der Waals surface area contributed by atoms with Crippen molar-refractivity contribution in [1.29, 1.82) is 0 Å². The summed E-state index contributed by atoms with van der Waals surface area (Å²) in [6.07, 6.45) is 12.1. The molecule has 4 fully saturated rings. The maximum Gasteiger partial charge on any atom is 0.328 e. The fourth-order valence-electron chi connectivity index (χ4n) is 10.8. The molecule has 37 heavy (non-hydrogen) atoms. The van der Waals surface area contributed by atoms with E-state index in [0.717, 1.165) is 37.7 Å². The molecule has 4 saturated carbocycles. The third-order valence-corrected chi connectivity index (χ3v) is 12.2. The van der Waals surface area contributed by atoms with Crippen LogP contribution in [0.5, 0.6) is 0 Å². The topological polar surface area (TPSA) is 74.6 Å². The number of fused-ring (bicyclic) bond motifs is 7. The van der Waals surface area contributed by atoms with Crippen molar-refractivity contribution in [2.24, 2.45) is 51.2 Å². The maximum atomic E-state index is 13.3. The molecule has 0 bridgehead atoms. The van der Waals surface area contributed by atoms with Crippen LogP contribution in [0, 0.1) is 51.2 Å². The molecule has 5 rings (SSSR count). The Morgan fingerprint density at radius 1 is 0.919 bits per heavy atom. The lowest BCUT2D eigenvalue weighted by atomic mass is 9.36. The molecule has 0 aliphatic heterocycles. The number of carbonyl (C=O) groups excluding carboxylic acids is 1. The van der Waals surface area contributed by atoms with Gasteiger partial charge in [0.05, 0.1) is 6.10 Å². The molecule has 0 amide bonds. The van der Waals surface area contributed by atoms with Crippen molar-refractivity contribution in [3.8, 4) is 0 Å². The molecule has 0 heterocycles. The number of allylic oxidation sites excluding steroid dienone is 3. The van der Waals surface area contributed by atoms with Crippen LogP contribution in [0.1, 0.15) is 113 Å². The van der Waals surface area contributed by atoms with E-state index < -0.39 is 11.4 Å². The molecule has 4 nitrogen and oxygen atoms in total. The number of ketones is 1. The van der Waals surface area contributed by atoms with E-state index >= 15 is 0 Å². The first-order chi connectivity index (χ1) is 17.3. The molecule has 2 N–H and O–H groups in total. The lowest BCUT2D eigenvalue weighted by molar-refractivity contribution is -0.202. The summed E-state index contributed by atoms with van der Waals surface area (Å²) in [6, 6.07) is 0. The molecule has 0 aromatic carbocycles. The molecule has 0 aromatic heterocycles. The van der Waals surface area contributed by atoms with E-state index in [1.165, 1.54) is 30.9 Å². The highest BCUT2D eigenvalue weighted by Crippen LogP contribution is 2.72. The Morgan fingerprint density at radius 3 is 2.19 bits per heavy atom. The standard InChI is InChI=1S/C31H46O4.C2H6/c1-18(2)26-21(32)17-31(16-12-25(34)35)15-9-20-19(27(26)31)7-8-23-29(20,5)13-10-22-28(3,4)24(33)11-14-30(22,23)6;1-2/h12,16,18-20,22-24,33H,7-11,13-15,17H2,1-6H3,(H,34,35);1-2H3/b16-12+;. The van der Waals surface area contributed by atoms with E-state index in [9.17, 15) is 19.8 Å². The van der Waals surface area contributed by atoms with Gasteiger partial charge in [0, 0.05) is 17.9 Å². The van der Waals surface area contributed by atoms with Crippen LogP contribution in [-0.2, 0) is 9.59 Å².